The Hall–Kier alpha value is -1.88. The molecular formula is C20H28N2O3. The predicted molar refractivity (Wildman–Crippen MR) is 96.3 cm³/mol. The van der Waals surface area contributed by atoms with Gasteiger partial charge in [-0.25, -0.2) is 0 Å². The lowest BCUT2D eigenvalue weighted by Crippen LogP contribution is -2.43. The van der Waals surface area contributed by atoms with Crippen LogP contribution in [0.3, 0.4) is 0 Å². The number of esters is 1. The lowest BCUT2D eigenvalue weighted by Gasteiger charge is -2.24. The van der Waals surface area contributed by atoms with Crippen molar-refractivity contribution in [3.63, 3.8) is 0 Å². The Morgan fingerprint density at radius 3 is 2.76 bits per heavy atom. The van der Waals surface area contributed by atoms with Gasteiger partial charge in [0.25, 0.3) is 0 Å². The molecule has 0 spiro atoms. The number of hydrogen-bond donors (Lipinski definition) is 1. The van der Waals surface area contributed by atoms with E-state index in [-0.39, 0.29) is 30.5 Å². The predicted octanol–water partition coefficient (Wildman–Crippen LogP) is 2.38. The number of hydrogen-bond acceptors (Lipinski definition) is 4. The van der Waals surface area contributed by atoms with Gasteiger partial charge >= 0.3 is 5.97 Å². The summed E-state index contributed by atoms with van der Waals surface area (Å²) >= 11 is 0. The second-order valence-electron chi connectivity index (χ2n) is 7.18. The van der Waals surface area contributed by atoms with Crippen molar-refractivity contribution < 1.29 is 14.3 Å². The maximum Gasteiger partial charge on any atom is 0.323 e. The second kappa shape index (κ2) is 8.00. The van der Waals surface area contributed by atoms with Crippen LogP contribution >= 0.6 is 0 Å². The van der Waals surface area contributed by atoms with E-state index in [1.54, 1.807) is 0 Å². The number of methoxy groups -OCH3 is 1. The number of rotatable bonds is 5. The molecule has 2 aliphatic rings. The molecule has 2 atom stereocenters. The van der Waals surface area contributed by atoms with E-state index in [1.165, 1.54) is 37.5 Å². The van der Waals surface area contributed by atoms with Crippen LogP contribution in [0.4, 0.5) is 0 Å². The first-order valence-electron chi connectivity index (χ1n) is 9.31. The molecule has 136 valence electrons. The van der Waals surface area contributed by atoms with Gasteiger partial charge in [-0.3, -0.25) is 14.5 Å². The van der Waals surface area contributed by atoms with E-state index in [2.05, 4.69) is 23.5 Å². The average molecular weight is 344 g/mol. The van der Waals surface area contributed by atoms with Crippen LogP contribution in [0.5, 0.6) is 0 Å². The molecule has 1 aliphatic carbocycles. The first-order chi connectivity index (χ1) is 12.1. The zero-order chi connectivity index (χ0) is 17.8. The summed E-state index contributed by atoms with van der Waals surface area (Å²) in [6.45, 7) is 3.03. The van der Waals surface area contributed by atoms with Crippen molar-refractivity contribution in [1.29, 1.82) is 0 Å². The minimum Gasteiger partial charge on any atom is -0.468 e. The van der Waals surface area contributed by atoms with Crippen molar-refractivity contribution in [2.45, 2.75) is 57.5 Å². The minimum absolute atomic E-state index is 0.0288. The average Bonchev–Trinajstić information content (AvgIpc) is 3.08. The quantitative estimate of drug-likeness (QED) is 0.833. The number of nitrogens with zero attached hydrogens (tertiary/aromatic N) is 1. The molecule has 5 nitrogen and oxygen atoms in total. The highest BCUT2D eigenvalue weighted by Crippen LogP contribution is 2.25. The highest BCUT2D eigenvalue weighted by atomic mass is 16.5. The van der Waals surface area contributed by atoms with E-state index < -0.39 is 0 Å². The molecule has 5 heteroatoms. The number of carbonyl (C=O) groups is 2. The lowest BCUT2D eigenvalue weighted by atomic mass is 9.89. The Bertz CT molecular complexity index is 644. The third kappa shape index (κ3) is 4.21. The van der Waals surface area contributed by atoms with E-state index >= 15 is 0 Å². The van der Waals surface area contributed by atoms with Gasteiger partial charge in [-0.15, -0.1) is 0 Å². The number of amides is 1. The summed E-state index contributed by atoms with van der Waals surface area (Å²) in [6.07, 6.45) is 6.52. The van der Waals surface area contributed by atoms with E-state index in [4.69, 9.17) is 4.74 Å². The summed E-state index contributed by atoms with van der Waals surface area (Å²) in [6, 6.07) is 6.27. The van der Waals surface area contributed by atoms with Gasteiger partial charge in [-0.1, -0.05) is 18.2 Å². The Balaban J connectivity index is 1.58. The van der Waals surface area contributed by atoms with Crippen molar-refractivity contribution in [3.05, 3.63) is 34.9 Å². The Morgan fingerprint density at radius 2 is 2.00 bits per heavy atom. The first kappa shape index (κ1) is 17.9. The van der Waals surface area contributed by atoms with Crippen LogP contribution < -0.4 is 5.32 Å². The molecule has 2 unspecified atom stereocenters. The lowest BCUT2D eigenvalue weighted by molar-refractivity contribution is -0.146. The molecule has 3 rings (SSSR count). The van der Waals surface area contributed by atoms with Crippen LogP contribution in [-0.2, 0) is 27.2 Å². The summed E-state index contributed by atoms with van der Waals surface area (Å²) in [5.41, 5.74) is 4.03. The number of benzene rings is 1. The molecule has 0 radical (unpaired) electrons. The van der Waals surface area contributed by atoms with Crippen molar-refractivity contribution in [2.75, 3.05) is 20.2 Å². The first-order valence-corrected chi connectivity index (χ1v) is 9.31. The van der Waals surface area contributed by atoms with E-state index in [0.717, 1.165) is 31.4 Å². The van der Waals surface area contributed by atoms with E-state index in [0.29, 0.717) is 0 Å². The van der Waals surface area contributed by atoms with Gasteiger partial charge in [-0.2, -0.15) is 0 Å². The van der Waals surface area contributed by atoms with Gasteiger partial charge in [0.2, 0.25) is 5.91 Å². The maximum atomic E-state index is 12.4. The fourth-order valence-corrected chi connectivity index (χ4v) is 4.00. The van der Waals surface area contributed by atoms with Crippen LogP contribution in [-0.4, -0.2) is 43.0 Å². The Labute approximate surface area is 149 Å². The molecule has 0 bridgehead atoms. The smallest absolute Gasteiger partial charge is 0.323 e. The zero-order valence-corrected chi connectivity index (χ0v) is 15.2. The molecule has 1 aliphatic heterocycles. The van der Waals surface area contributed by atoms with E-state index in [9.17, 15) is 9.59 Å². The Kier molecular flexibility index (Phi) is 5.74. The SMILES string of the molecule is COC(=O)C1CCCN1CC(=O)NC(C)c1ccc2c(c1)CCCC2. The molecular weight excluding hydrogens is 316 g/mol. The van der Waals surface area contributed by atoms with Gasteiger partial charge in [0.1, 0.15) is 6.04 Å². The number of aryl methyl sites for hydroxylation is 2. The number of nitrogens with one attached hydrogen (secondary N) is 1. The number of ether oxygens (including phenoxy) is 1. The topological polar surface area (TPSA) is 58.6 Å². The molecule has 1 fully saturated rings. The van der Waals surface area contributed by atoms with Crippen LogP contribution in [0.25, 0.3) is 0 Å². The third-order valence-electron chi connectivity index (χ3n) is 5.43. The molecule has 1 heterocycles. The number of likely N-dealkylation sites (tertiary alicyclic amines) is 1. The zero-order valence-electron chi connectivity index (χ0n) is 15.2. The van der Waals surface area contributed by atoms with Gasteiger partial charge in [0.15, 0.2) is 0 Å². The summed E-state index contributed by atoms with van der Waals surface area (Å²) in [4.78, 5) is 26.1. The summed E-state index contributed by atoms with van der Waals surface area (Å²) < 4.78 is 4.84. The highest BCUT2D eigenvalue weighted by molar-refractivity contribution is 5.81. The molecule has 0 aromatic heterocycles. The van der Waals surface area contributed by atoms with Gasteiger partial charge < -0.3 is 10.1 Å². The van der Waals surface area contributed by atoms with Crippen molar-refractivity contribution in [2.24, 2.45) is 0 Å². The van der Waals surface area contributed by atoms with Crippen LogP contribution in [0.15, 0.2) is 18.2 Å². The highest BCUT2D eigenvalue weighted by Gasteiger charge is 2.32. The van der Waals surface area contributed by atoms with Crippen molar-refractivity contribution in [1.82, 2.24) is 10.2 Å². The number of carbonyl (C=O) groups excluding carboxylic acids is 2. The second-order valence-corrected chi connectivity index (χ2v) is 7.18. The largest absolute Gasteiger partial charge is 0.468 e. The molecule has 1 aromatic carbocycles. The van der Waals surface area contributed by atoms with Gasteiger partial charge in [0.05, 0.1) is 19.7 Å². The fraction of sp³-hybridized carbons (Fsp3) is 0.600. The number of fused-ring (bicyclic) bond motifs is 1. The van der Waals surface area contributed by atoms with Crippen LogP contribution in [0.2, 0.25) is 0 Å². The Morgan fingerprint density at radius 1 is 1.24 bits per heavy atom. The summed E-state index contributed by atoms with van der Waals surface area (Å²) in [7, 11) is 1.40. The molecule has 1 N–H and O–H groups in total. The van der Waals surface area contributed by atoms with Gasteiger partial charge in [-0.05, 0) is 68.7 Å². The standard InChI is InChI=1S/C20H28N2O3/c1-14(16-10-9-15-6-3-4-7-17(15)12-16)21-19(23)13-22-11-5-8-18(22)20(24)25-2/h9-10,12,14,18H,3-8,11,13H2,1-2H3,(H,21,23). The van der Waals surface area contributed by atoms with Gasteiger partial charge in [0, 0.05) is 0 Å². The molecule has 1 aromatic rings. The summed E-state index contributed by atoms with van der Waals surface area (Å²) in [5, 5.41) is 3.07. The van der Waals surface area contributed by atoms with Crippen molar-refractivity contribution >= 4 is 11.9 Å². The monoisotopic (exact) mass is 344 g/mol. The molecule has 1 amide bonds. The molecule has 1 saturated heterocycles. The normalized spacial score (nSPS) is 21.4. The fourth-order valence-electron chi connectivity index (χ4n) is 4.00. The molecule has 25 heavy (non-hydrogen) atoms. The van der Waals surface area contributed by atoms with E-state index in [1.807, 2.05) is 11.8 Å². The third-order valence-corrected chi connectivity index (χ3v) is 5.43. The van der Waals surface area contributed by atoms with Crippen LogP contribution in [0.1, 0.15) is 55.3 Å². The minimum atomic E-state index is -0.283. The molecule has 0 saturated carbocycles. The van der Waals surface area contributed by atoms with Crippen molar-refractivity contribution in [3.8, 4) is 0 Å². The summed E-state index contributed by atoms with van der Waals surface area (Å²) in [5.74, 6) is -0.283. The van der Waals surface area contributed by atoms with Crippen LogP contribution in [0, 0.1) is 0 Å². The maximum absolute atomic E-state index is 12.4.